The summed E-state index contributed by atoms with van der Waals surface area (Å²) >= 11 is 9.51. The molecule has 2 atom stereocenters. The third kappa shape index (κ3) is 4.39. The van der Waals surface area contributed by atoms with Crippen molar-refractivity contribution in [2.75, 3.05) is 19.1 Å². The summed E-state index contributed by atoms with van der Waals surface area (Å²) in [7, 11) is 3.26. The molecule has 0 unspecified atom stereocenters. The van der Waals surface area contributed by atoms with Crippen molar-refractivity contribution in [2.45, 2.75) is 19.0 Å². The van der Waals surface area contributed by atoms with Crippen molar-refractivity contribution in [3.8, 4) is 22.8 Å². The zero-order chi connectivity index (χ0) is 24.5. The highest BCUT2D eigenvalue weighted by atomic mass is 79.9. The molecular formula is C27H24BrN3O3S. The number of nitrogens with zero attached hydrogens (tertiary/aromatic N) is 2. The van der Waals surface area contributed by atoms with Gasteiger partial charge in [-0.1, -0.05) is 28.1 Å². The first kappa shape index (κ1) is 23.4. The minimum absolute atomic E-state index is 0.226. The van der Waals surface area contributed by atoms with Crippen LogP contribution in [0.25, 0.3) is 11.3 Å². The first-order chi connectivity index (χ1) is 17.0. The number of rotatable bonds is 6. The molecule has 6 nitrogen and oxygen atoms in total. The molecule has 1 saturated heterocycles. The summed E-state index contributed by atoms with van der Waals surface area (Å²) in [5, 5.41) is 4.01. The molecule has 1 aliphatic heterocycles. The van der Waals surface area contributed by atoms with E-state index < -0.39 is 0 Å². The topological polar surface area (TPSA) is 59.8 Å². The Morgan fingerprint density at radius 3 is 2.60 bits per heavy atom. The van der Waals surface area contributed by atoms with E-state index >= 15 is 0 Å². The van der Waals surface area contributed by atoms with Crippen LogP contribution in [-0.4, -0.2) is 24.3 Å². The van der Waals surface area contributed by atoms with Gasteiger partial charge in [0.05, 0.1) is 31.6 Å². The third-order valence-electron chi connectivity index (χ3n) is 6.05. The number of thiocarbonyl (C=S) groups is 1. The van der Waals surface area contributed by atoms with Gasteiger partial charge in [0, 0.05) is 22.3 Å². The molecule has 5 rings (SSSR count). The van der Waals surface area contributed by atoms with Gasteiger partial charge in [-0.15, -0.1) is 0 Å². The number of anilines is 1. The van der Waals surface area contributed by atoms with Crippen molar-refractivity contribution in [3.05, 3.63) is 94.4 Å². The number of nitrogens with one attached hydrogen (secondary N) is 1. The fourth-order valence-corrected chi connectivity index (χ4v) is 5.39. The normalized spacial score (nSPS) is 17.4. The lowest BCUT2D eigenvalue weighted by Crippen LogP contribution is -2.29. The second-order valence-electron chi connectivity index (χ2n) is 8.22. The van der Waals surface area contributed by atoms with Gasteiger partial charge in [0.15, 0.2) is 5.11 Å². The average molecular weight is 550 g/mol. The van der Waals surface area contributed by atoms with Crippen LogP contribution in [0.15, 0.2) is 81.8 Å². The summed E-state index contributed by atoms with van der Waals surface area (Å²) in [5.74, 6) is 2.87. The van der Waals surface area contributed by atoms with E-state index in [2.05, 4.69) is 51.4 Å². The third-order valence-corrected chi connectivity index (χ3v) is 7.02. The molecule has 1 fully saturated rings. The smallest absolute Gasteiger partial charge is 0.174 e. The Morgan fingerprint density at radius 2 is 1.89 bits per heavy atom. The average Bonchev–Trinajstić information content (AvgIpc) is 3.48. The van der Waals surface area contributed by atoms with E-state index in [-0.39, 0.29) is 12.1 Å². The van der Waals surface area contributed by atoms with Gasteiger partial charge in [0.25, 0.3) is 0 Å². The Balaban J connectivity index is 1.63. The molecule has 1 aliphatic rings. The molecule has 8 heteroatoms. The standard InChI is InChI=1S/C27H24BrN3O3S/c1-16-7-9-18(19(28)14-16)22-11-12-23(34-22)26-25(20-6-4-5-13-29-20)30-27(35)31(26)21-10-8-17(32-2)15-24(21)33-3/h4-15,25-26H,1-3H3,(H,30,35)/t25-,26-/m1/s1. The van der Waals surface area contributed by atoms with Gasteiger partial charge in [-0.05, 0) is 73.2 Å². The molecule has 2 aromatic heterocycles. The van der Waals surface area contributed by atoms with Crippen LogP contribution in [0.4, 0.5) is 5.69 Å². The molecule has 1 N–H and O–H groups in total. The highest BCUT2D eigenvalue weighted by Gasteiger charge is 2.43. The van der Waals surface area contributed by atoms with Crippen molar-refractivity contribution in [3.63, 3.8) is 0 Å². The van der Waals surface area contributed by atoms with Gasteiger partial charge in [-0.3, -0.25) is 4.98 Å². The molecule has 0 spiro atoms. The molecule has 0 aliphatic carbocycles. The minimum atomic E-state index is -0.294. The van der Waals surface area contributed by atoms with Crippen molar-refractivity contribution in [1.82, 2.24) is 10.3 Å². The molecule has 0 radical (unpaired) electrons. The monoisotopic (exact) mass is 549 g/mol. The molecule has 3 heterocycles. The summed E-state index contributed by atoms with van der Waals surface area (Å²) in [6, 6.07) is 21.2. The van der Waals surface area contributed by atoms with Crippen LogP contribution in [0.2, 0.25) is 0 Å². The number of hydrogen-bond acceptors (Lipinski definition) is 5. The van der Waals surface area contributed by atoms with Crippen LogP contribution in [0.1, 0.15) is 29.1 Å². The quantitative estimate of drug-likeness (QED) is 0.271. The highest BCUT2D eigenvalue weighted by molar-refractivity contribution is 9.10. The molecular weight excluding hydrogens is 526 g/mol. The molecule has 0 bridgehead atoms. The number of pyridine rings is 1. The number of hydrogen-bond donors (Lipinski definition) is 1. The lowest BCUT2D eigenvalue weighted by molar-refractivity contribution is 0.392. The van der Waals surface area contributed by atoms with Crippen molar-refractivity contribution < 1.29 is 13.9 Å². The van der Waals surface area contributed by atoms with E-state index in [0.717, 1.165) is 32.9 Å². The second-order valence-corrected chi connectivity index (χ2v) is 9.46. The number of furan rings is 1. The zero-order valence-electron chi connectivity index (χ0n) is 19.5. The van der Waals surface area contributed by atoms with Crippen LogP contribution < -0.4 is 19.7 Å². The predicted octanol–water partition coefficient (Wildman–Crippen LogP) is 6.61. The summed E-state index contributed by atoms with van der Waals surface area (Å²) in [4.78, 5) is 6.64. The van der Waals surface area contributed by atoms with Gasteiger partial charge < -0.3 is 24.1 Å². The van der Waals surface area contributed by atoms with E-state index in [1.165, 1.54) is 5.56 Å². The van der Waals surface area contributed by atoms with E-state index in [4.69, 9.17) is 26.1 Å². The lowest BCUT2D eigenvalue weighted by Gasteiger charge is -2.27. The fraction of sp³-hybridized carbons (Fsp3) is 0.185. The number of aryl methyl sites for hydroxylation is 1. The van der Waals surface area contributed by atoms with Crippen molar-refractivity contribution in [2.24, 2.45) is 0 Å². The van der Waals surface area contributed by atoms with Gasteiger partial charge in [-0.25, -0.2) is 0 Å². The lowest BCUT2D eigenvalue weighted by atomic mass is 10.0. The van der Waals surface area contributed by atoms with Crippen LogP contribution in [-0.2, 0) is 0 Å². The van der Waals surface area contributed by atoms with Crippen molar-refractivity contribution >= 4 is 38.9 Å². The van der Waals surface area contributed by atoms with Gasteiger partial charge in [0.2, 0.25) is 0 Å². The summed E-state index contributed by atoms with van der Waals surface area (Å²) < 4.78 is 18.6. The van der Waals surface area contributed by atoms with Crippen LogP contribution in [0.5, 0.6) is 11.5 Å². The minimum Gasteiger partial charge on any atom is -0.497 e. The van der Waals surface area contributed by atoms with E-state index in [1.54, 1.807) is 20.4 Å². The molecule has 0 amide bonds. The Hall–Kier alpha value is -3.36. The Bertz CT molecular complexity index is 1380. The van der Waals surface area contributed by atoms with Crippen LogP contribution >= 0.6 is 28.1 Å². The second kappa shape index (κ2) is 9.71. The number of aromatic nitrogens is 1. The summed E-state index contributed by atoms with van der Waals surface area (Å²) in [6.45, 7) is 2.06. The Morgan fingerprint density at radius 1 is 1.03 bits per heavy atom. The maximum atomic E-state index is 6.48. The summed E-state index contributed by atoms with van der Waals surface area (Å²) in [5.41, 5.74) is 3.83. The molecule has 178 valence electrons. The van der Waals surface area contributed by atoms with E-state index in [0.29, 0.717) is 16.6 Å². The first-order valence-electron chi connectivity index (χ1n) is 11.1. The van der Waals surface area contributed by atoms with Crippen molar-refractivity contribution in [1.29, 1.82) is 0 Å². The SMILES string of the molecule is COc1ccc(N2C(=S)N[C@H](c3ccccn3)[C@H]2c2ccc(-c3ccc(C)cc3Br)o2)c(OC)c1. The largest absolute Gasteiger partial charge is 0.497 e. The Kier molecular flexibility index (Phi) is 6.49. The maximum Gasteiger partial charge on any atom is 0.174 e. The Labute approximate surface area is 218 Å². The molecule has 2 aromatic carbocycles. The van der Waals surface area contributed by atoms with E-state index in [1.807, 2.05) is 53.4 Å². The number of benzene rings is 2. The predicted molar refractivity (Wildman–Crippen MR) is 144 cm³/mol. The molecule has 4 aromatic rings. The van der Waals surface area contributed by atoms with Gasteiger partial charge in [-0.2, -0.15) is 0 Å². The van der Waals surface area contributed by atoms with Crippen LogP contribution in [0.3, 0.4) is 0 Å². The fourth-order valence-electron chi connectivity index (χ4n) is 4.36. The number of methoxy groups -OCH3 is 2. The number of ether oxygens (including phenoxy) is 2. The highest BCUT2D eigenvalue weighted by Crippen LogP contribution is 2.46. The van der Waals surface area contributed by atoms with Crippen LogP contribution in [0, 0.1) is 6.92 Å². The molecule has 35 heavy (non-hydrogen) atoms. The zero-order valence-corrected chi connectivity index (χ0v) is 21.9. The summed E-state index contributed by atoms with van der Waals surface area (Å²) in [6.07, 6.45) is 1.78. The van der Waals surface area contributed by atoms with Gasteiger partial charge >= 0.3 is 0 Å². The number of halogens is 1. The van der Waals surface area contributed by atoms with Gasteiger partial charge in [0.1, 0.15) is 29.1 Å². The molecule has 0 saturated carbocycles. The first-order valence-corrected chi connectivity index (χ1v) is 12.3. The maximum absolute atomic E-state index is 6.48. The van der Waals surface area contributed by atoms with E-state index in [9.17, 15) is 0 Å².